The zero-order valence-electron chi connectivity index (χ0n) is 19.6. The second kappa shape index (κ2) is 10.6. The quantitative estimate of drug-likeness (QED) is 0.231. The molecule has 0 aliphatic carbocycles. The highest BCUT2D eigenvalue weighted by Crippen LogP contribution is 2.28. The van der Waals surface area contributed by atoms with Gasteiger partial charge < -0.3 is 14.2 Å². The lowest BCUT2D eigenvalue weighted by atomic mass is 10.1. The van der Waals surface area contributed by atoms with Crippen molar-refractivity contribution in [2.45, 2.75) is 52.0 Å². The van der Waals surface area contributed by atoms with E-state index in [0.717, 1.165) is 37.2 Å². The van der Waals surface area contributed by atoms with Gasteiger partial charge in [-0.1, -0.05) is 75.2 Å². The highest BCUT2D eigenvalue weighted by atomic mass is 16.5. The van der Waals surface area contributed by atoms with Crippen molar-refractivity contribution in [2.24, 2.45) is 0 Å². The fraction of sp³-hybridized carbons (Fsp3) is 0.379. The Morgan fingerprint density at radius 3 is 2.41 bits per heavy atom. The lowest BCUT2D eigenvalue weighted by Crippen LogP contribution is -2.25. The molecule has 4 rings (SSSR count). The Hall–Kier alpha value is -2.94. The van der Waals surface area contributed by atoms with E-state index in [0.29, 0.717) is 0 Å². The van der Waals surface area contributed by atoms with Crippen LogP contribution in [0.15, 0.2) is 60.7 Å². The molecule has 0 amide bonds. The maximum atomic E-state index is 5.58. The molecule has 32 heavy (non-hydrogen) atoms. The zero-order valence-corrected chi connectivity index (χ0v) is 19.6. The summed E-state index contributed by atoms with van der Waals surface area (Å²) >= 11 is 0. The average Bonchev–Trinajstić information content (AvgIpc) is 3.10. The topological polar surface area (TPSA) is 17.4 Å². The number of rotatable bonds is 12. The molecule has 0 unspecified atom stereocenters. The normalized spacial score (nSPS) is 11.4. The van der Waals surface area contributed by atoms with Crippen molar-refractivity contribution in [3.8, 4) is 5.75 Å². The summed E-state index contributed by atoms with van der Waals surface area (Å²) in [6.07, 6.45) is 7.38. The Bertz CT molecular complexity index is 1190. The van der Waals surface area contributed by atoms with Crippen molar-refractivity contribution in [1.29, 1.82) is 0 Å². The second-order valence-electron chi connectivity index (χ2n) is 8.71. The van der Waals surface area contributed by atoms with Crippen LogP contribution in [0.25, 0.3) is 28.3 Å². The van der Waals surface area contributed by atoms with Gasteiger partial charge in [-0.3, -0.25) is 0 Å². The predicted octanol–water partition coefficient (Wildman–Crippen LogP) is 6.80. The first-order valence-corrected chi connectivity index (χ1v) is 12.1. The molecular formula is C29H36N2O. The summed E-state index contributed by atoms with van der Waals surface area (Å²) in [5.74, 6) is 0.975. The van der Waals surface area contributed by atoms with Gasteiger partial charge in [-0.05, 0) is 42.8 Å². The van der Waals surface area contributed by atoms with Crippen molar-refractivity contribution in [1.82, 2.24) is 4.57 Å². The largest absolute Gasteiger partial charge is 0.495 e. The number of para-hydroxylation sites is 2. The highest BCUT2D eigenvalue weighted by Gasteiger charge is 2.11. The molecule has 3 nitrogen and oxygen atoms in total. The summed E-state index contributed by atoms with van der Waals surface area (Å²) in [5, 5.41) is 5.14. The number of unbranched alkanes of at least 4 members (excludes halogenated alkanes) is 4. The molecular weight excluding hydrogens is 392 g/mol. The minimum atomic E-state index is 0.975. The molecule has 0 radical (unpaired) electrons. The number of nitrogens with zero attached hydrogens (tertiary/aromatic N) is 2. The van der Waals surface area contributed by atoms with Crippen molar-refractivity contribution >= 4 is 33.9 Å². The van der Waals surface area contributed by atoms with Gasteiger partial charge in [0.25, 0.3) is 0 Å². The van der Waals surface area contributed by atoms with E-state index >= 15 is 0 Å². The second-order valence-corrected chi connectivity index (χ2v) is 8.71. The Morgan fingerprint density at radius 1 is 0.844 bits per heavy atom. The van der Waals surface area contributed by atoms with E-state index in [1.807, 2.05) is 6.07 Å². The number of anilines is 1. The summed E-state index contributed by atoms with van der Waals surface area (Å²) in [5.41, 5.74) is 2.55. The molecule has 0 saturated carbocycles. The number of hydrogen-bond donors (Lipinski definition) is 0. The summed E-state index contributed by atoms with van der Waals surface area (Å²) < 4.78 is 8.00. The van der Waals surface area contributed by atoms with Gasteiger partial charge in [0.2, 0.25) is 0 Å². The van der Waals surface area contributed by atoms with E-state index < -0.39 is 0 Å². The van der Waals surface area contributed by atoms with Crippen LogP contribution in [0.2, 0.25) is 0 Å². The third-order valence-corrected chi connectivity index (χ3v) is 6.54. The first-order chi connectivity index (χ1) is 15.7. The molecule has 3 aromatic carbocycles. The van der Waals surface area contributed by atoms with E-state index in [2.05, 4.69) is 77.6 Å². The smallest absolute Gasteiger partial charge is 0.142 e. The van der Waals surface area contributed by atoms with E-state index in [1.165, 1.54) is 59.5 Å². The maximum Gasteiger partial charge on any atom is 0.142 e. The van der Waals surface area contributed by atoms with Gasteiger partial charge in [0, 0.05) is 41.3 Å². The SMILES string of the molecule is C=c1c2cccc3cccc(c32)n1CCCCCCCN(CCC)c1ccccc1OC. The molecule has 168 valence electrons. The third-order valence-electron chi connectivity index (χ3n) is 6.54. The summed E-state index contributed by atoms with van der Waals surface area (Å²) in [4.78, 5) is 2.48. The lowest BCUT2D eigenvalue weighted by molar-refractivity contribution is 0.414. The molecule has 1 heterocycles. The minimum Gasteiger partial charge on any atom is -0.495 e. The molecule has 0 atom stereocenters. The number of hydrogen-bond acceptors (Lipinski definition) is 2. The van der Waals surface area contributed by atoms with E-state index in [9.17, 15) is 0 Å². The molecule has 0 saturated heterocycles. The van der Waals surface area contributed by atoms with Gasteiger partial charge in [-0.2, -0.15) is 0 Å². The third kappa shape index (κ3) is 4.62. The van der Waals surface area contributed by atoms with Crippen LogP contribution in [0.3, 0.4) is 0 Å². The summed E-state index contributed by atoms with van der Waals surface area (Å²) in [6, 6.07) is 21.5. The van der Waals surface area contributed by atoms with Crippen LogP contribution in [0.5, 0.6) is 5.75 Å². The minimum absolute atomic E-state index is 0.975. The lowest BCUT2D eigenvalue weighted by Gasteiger charge is -2.26. The van der Waals surface area contributed by atoms with Crippen molar-refractivity contribution in [3.63, 3.8) is 0 Å². The maximum absolute atomic E-state index is 5.58. The van der Waals surface area contributed by atoms with Crippen LogP contribution >= 0.6 is 0 Å². The molecule has 1 aromatic heterocycles. The fourth-order valence-electron chi connectivity index (χ4n) is 4.95. The first-order valence-electron chi connectivity index (χ1n) is 12.1. The predicted molar refractivity (Wildman–Crippen MR) is 139 cm³/mol. The van der Waals surface area contributed by atoms with Crippen LogP contribution in [0, 0.1) is 0 Å². The van der Waals surface area contributed by atoms with Crippen molar-refractivity contribution in [2.75, 3.05) is 25.1 Å². The molecule has 0 spiro atoms. The Kier molecular flexibility index (Phi) is 7.36. The van der Waals surface area contributed by atoms with Gasteiger partial charge in [-0.15, -0.1) is 0 Å². The van der Waals surface area contributed by atoms with Crippen LogP contribution in [0.1, 0.15) is 45.4 Å². The van der Waals surface area contributed by atoms with Gasteiger partial charge in [0.05, 0.1) is 12.8 Å². The Morgan fingerprint density at radius 2 is 1.59 bits per heavy atom. The molecule has 0 fully saturated rings. The van der Waals surface area contributed by atoms with Gasteiger partial charge >= 0.3 is 0 Å². The van der Waals surface area contributed by atoms with Gasteiger partial charge in [0.15, 0.2) is 0 Å². The molecule has 0 aliphatic heterocycles. The van der Waals surface area contributed by atoms with Crippen molar-refractivity contribution in [3.05, 3.63) is 66.0 Å². The van der Waals surface area contributed by atoms with Crippen LogP contribution in [-0.2, 0) is 6.54 Å². The number of aryl methyl sites for hydroxylation is 1. The number of aromatic nitrogens is 1. The Balaban J connectivity index is 1.27. The summed E-state index contributed by atoms with van der Waals surface area (Å²) in [7, 11) is 1.76. The molecule has 0 bridgehead atoms. The zero-order chi connectivity index (χ0) is 22.3. The van der Waals surface area contributed by atoms with E-state index in [4.69, 9.17) is 4.74 Å². The van der Waals surface area contributed by atoms with E-state index in [-0.39, 0.29) is 0 Å². The standard InChI is InChI=1S/C29H36N2O/c1-4-20-30(26-17-8-9-19-28(26)32-3)21-10-6-5-7-11-22-31-23(2)25-16-12-14-24-15-13-18-27(31)29(24)25/h8-9,12-19H,2,4-7,10-11,20-22H2,1,3H3. The number of methoxy groups -OCH3 is 1. The highest BCUT2D eigenvalue weighted by molar-refractivity contribution is 6.09. The average molecular weight is 429 g/mol. The van der Waals surface area contributed by atoms with Crippen LogP contribution in [-0.4, -0.2) is 24.8 Å². The molecule has 3 heteroatoms. The Labute approximate surface area is 192 Å². The number of benzene rings is 3. The van der Waals surface area contributed by atoms with Gasteiger partial charge in [0.1, 0.15) is 5.75 Å². The molecule has 0 aliphatic rings. The van der Waals surface area contributed by atoms with Crippen LogP contribution in [0.4, 0.5) is 5.69 Å². The summed E-state index contributed by atoms with van der Waals surface area (Å²) in [6.45, 7) is 9.85. The molecule has 0 N–H and O–H groups in total. The van der Waals surface area contributed by atoms with Crippen molar-refractivity contribution < 1.29 is 4.74 Å². The van der Waals surface area contributed by atoms with E-state index in [1.54, 1.807) is 7.11 Å². The fourth-order valence-corrected chi connectivity index (χ4v) is 4.95. The molecule has 4 aromatic rings. The number of ether oxygens (including phenoxy) is 1. The van der Waals surface area contributed by atoms with Crippen LogP contribution < -0.4 is 15.0 Å². The monoisotopic (exact) mass is 428 g/mol. The first kappa shape index (κ1) is 22.3. The van der Waals surface area contributed by atoms with Gasteiger partial charge in [-0.25, -0.2) is 0 Å².